The molecular weight excluding hydrogens is 459 g/mol. The van der Waals surface area contributed by atoms with Crippen LogP contribution in [0.1, 0.15) is 51.4 Å². The maximum absolute atomic E-state index is 12.9. The van der Waals surface area contributed by atoms with Crippen LogP contribution in [0.4, 0.5) is 0 Å². The molecule has 4 aliphatic rings. The van der Waals surface area contributed by atoms with E-state index in [0.717, 1.165) is 51.4 Å². The predicted molar refractivity (Wildman–Crippen MR) is 121 cm³/mol. The van der Waals surface area contributed by atoms with Crippen LogP contribution in [-0.2, 0) is 14.8 Å². The normalized spacial score (nSPS) is 30.5. The lowest BCUT2D eigenvalue weighted by atomic mass is 9.62. The summed E-state index contributed by atoms with van der Waals surface area (Å²) < 4.78 is 28.8. The number of fused-ring (bicyclic) bond motifs is 3. The van der Waals surface area contributed by atoms with Crippen molar-refractivity contribution in [2.24, 2.45) is 0 Å². The standard InChI is InChI=1S/C21H28Cl2N4O3S/c22-17-4-3-16(12-18(17)23)31(29,30)26-21-8-5-20(6-9-21,7-10-21)25-14-19(28)27-11-1-2-15(27)13-24/h3-4,12-13,15,24-26H,1-2,5-11,14H2/t15-,20?,21?/m0/s1. The smallest absolute Gasteiger partial charge is 0.241 e. The molecule has 1 atom stereocenters. The van der Waals surface area contributed by atoms with Crippen LogP contribution in [0.3, 0.4) is 0 Å². The number of amides is 1. The molecule has 0 spiro atoms. The number of hydrogen-bond donors (Lipinski definition) is 3. The molecule has 2 bridgehead atoms. The molecule has 1 saturated heterocycles. The molecule has 3 aliphatic carbocycles. The second-order valence-corrected chi connectivity index (χ2v) is 11.6. The first kappa shape index (κ1) is 23.0. The van der Waals surface area contributed by atoms with Crippen molar-refractivity contribution in [1.29, 1.82) is 5.41 Å². The molecule has 3 N–H and O–H groups in total. The van der Waals surface area contributed by atoms with E-state index in [1.165, 1.54) is 24.4 Å². The Bertz CT molecular complexity index is 960. The highest BCUT2D eigenvalue weighted by Gasteiger charge is 2.50. The number of likely N-dealkylation sites (tertiary alicyclic amines) is 1. The van der Waals surface area contributed by atoms with Gasteiger partial charge in [0.1, 0.15) is 0 Å². The van der Waals surface area contributed by atoms with Crippen LogP contribution in [0.2, 0.25) is 10.0 Å². The molecule has 31 heavy (non-hydrogen) atoms. The van der Waals surface area contributed by atoms with Gasteiger partial charge in [-0.1, -0.05) is 23.2 Å². The van der Waals surface area contributed by atoms with Gasteiger partial charge in [0.2, 0.25) is 15.9 Å². The number of hydrogen-bond acceptors (Lipinski definition) is 5. The predicted octanol–water partition coefficient (Wildman–Crippen LogP) is 3.35. The minimum absolute atomic E-state index is 0.0445. The number of benzene rings is 1. The SMILES string of the molecule is N=C[C@@H]1CCCN1C(=O)CNC12CCC(NS(=O)(=O)c3ccc(Cl)c(Cl)c3)(CC1)CC2. The molecule has 1 heterocycles. The third-order valence-corrected chi connectivity index (χ3v) is 9.54. The summed E-state index contributed by atoms with van der Waals surface area (Å²) >= 11 is 11.9. The number of carbonyl (C=O) groups is 1. The van der Waals surface area contributed by atoms with Gasteiger partial charge in [0.25, 0.3) is 0 Å². The van der Waals surface area contributed by atoms with Gasteiger partial charge in [-0.3, -0.25) is 4.79 Å². The lowest BCUT2D eigenvalue weighted by molar-refractivity contribution is -0.130. The Labute approximate surface area is 193 Å². The molecule has 5 rings (SSSR count). The van der Waals surface area contributed by atoms with Gasteiger partial charge in [0.05, 0.1) is 27.5 Å². The Morgan fingerprint density at radius 3 is 2.39 bits per heavy atom. The number of rotatable bonds is 7. The fourth-order valence-corrected chi connectivity index (χ4v) is 7.11. The van der Waals surface area contributed by atoms with E-state index in [2.05, 4.69) is 10.0 Å². The molecule has 0 radical (unpaired) electrons. The first-order valence-electron chi connectivity index (χ1n) is 10.7. The van der Waals surface area contributed by atoms with Gasteiger partial charge in [-0.25, -0.2) is 13.1 Å². The summed E-state index contributed by atoms with van der Waals surface area (Å²) in [5, 5.41) is 11.5. The summed E-state index contributed by atoms with van der Waals surface area (Å²) in [6, 6.07) is 4.27. The Hall–Kier alpha value is -1.19. The molecule has 7 nitrogen and oxygen atoms in total. The van der Waals surface area contributed by atoms with Gasteiger partial charge in [-0.15, -0.1) is 0 Å². The monoisotopic (exact) mass is 486 g/mol. The third-order valence-electron chi connectivity index (χ3n) is 7.23. The van der Waals surface area contributed by atoms with E-state index in [9.17, 15) is 13.2 Å². The zero-order valence-corrected chi connectivity index (χ0v) is 19.6. The van der Waals surface area contributed by atoms with E-state index in [1.54, 1.807) is 4.90 Å². The average molecular weight is 487 g/mol. The zero-order valence-electron chi connectivity index (χ0n) is 17.3. The largest absolute Gasteiger partial charge is 0.334 e. The fraction of sp³-hybridized carbons (Fsp3) is 0.619. The highest BCUT2D eigenvalue weighted by atomic mass is 35.5. The third kappa shape index (κ3) is 4.64. The number of sulfonamides is 1. The lowest BCUT2D eigenvalue weighted by Crippen LogP contribution is -2.63. The molecule has 1 amide bonds. The molecular formula is C21H28Cl2N4O3S. The summed E-state index contributed by atoms with van der Waals surface area (Å²) in [6.45, 7) is 0.986. The Kier molecular flexibility index (Phi) is 6.40. The van der Waals surface area contributed by atoms with Crippen LogP contribution in [0.25, 0.3) is 0 Å². The lowest BCUT2D eigenvalue weighted by Gasteiger charge is -2.53. The minimum atomic E-state index is -3.71. The van der Waals surface area contributed by atoms with Gasteiger partial charge in [-0.2, -0.15) is 0 Å². The average Bonchev–Trinajstić information content (AvgIpc) is 3.24. The number of halogens is 2. The van der Waals surface area contributed by atoms with Crippen molar-refractivity contribution in [2.75, 3.05) is 13.1 Å². The van der Waals surface area contributed by atoms with Crippen molar-refractivity contribution in [3.8, 4) is 0 Å². The topological polar surface area (TPSA) is 102 Å². The van der Waals surface area contributed by atoms with Gasteiger partial charge in [-0.05, 0) is 69.6 Å². The van der Waals surface area contributed by atoms with Crippen LogP contribution in [0.15, 0.2) is 23.1 Å². The van der Waals surface area contributed by atoms with Crippen LogP contribution in [0, 0.1) is 5.41 Å². The van der Waals surface area contributed by atoms with E-state index < -0.39 is 15.6 Å². The van der Waals surface area contributed by atoms with Crippen molar-refractivity contribution >= 4 is 45.3 Å². The summed E-state index contributed by atoms with van der Waals surface area (Å²) in [6.07, 6.45) is 7.79. The first-order chi connectivity index (χ1) is 14.7. The van der Waals surface area contributed by atoms with Crippen molar-refractivity contribution < 1.29 is 13.2 Å². The maximum Gasteiger partial charge on any atom is 0.241 e. The molecule has 1 aliphatic heterocycles. The minimum Gasteiger partial charge on any atom is -0.334 e. The molecule has 1 aromatic rings. The maximum atomic E-state index is 12.9. The van der Waals surface area contributed by atoms with Crippen molar-refractivity contribution in [3.63, 3.8) is 0 Å². The molecule has 3 saturated carbocycles. The van der Waals surface area contributed by atoms with Crippen molar-refractivity contribution in [1.82, 2.24) is 14.9 Å². The summed E-state index contributed by atoms with van der Waals surface area (Å²) in [5.74, 6) is 0.0445. The van der Waals surface area contributed by atoms with Crippen molar-refractivity contribution in [2.45, 2.75) is 73.4 Å². The fourth-order valence-electron chi connectivity index (χ4n) is 5.23. The Morgan fingerprint density at radius 1 is 1.13 bits per heavy atom. The van der Waals surface area contributed by atoms with E-state index >= 15 is 0 Å². The molecule has 4 fully saturated rings. The van der Waals surface area contributed by atoms with E-state index in [0.29, 0.717) is 11.6 Å². The molecule has 0 aromatic heterocycles. The Balaban J connectivity index is 1.36. The quantitative estimate of drug-likeness (QED) is 0.514. The molecule has 170 valence electrons. The highest BCUT2D eigenvalue weighted by Crippen LogP contribution is 2.47. The van der Waals surface area contributed by atoms with Crippen LogP contribution in [0.5, 0.6) is 0 Å². The van der Waals surface area contributed by atoms with Gasteiger partial charge in [0.15, 0.2) is 0 Å². The molecule has 0 unspecified atom stereocenters. The van der Waals surface area contributed by atoms with E-state index in [4.69, 9.17) is 28.6 Å². The summed E-state index contributed by atoms with van der Waals surface area (Å²) in [5.41, 5.74) is -0.578. The summed E-state index contributed by atoms with van der Waals surface area (Å²) in [7, 11) is -3.71. The van der Waals surface area contributed by atoms with Gasteiger partial charge < -0.3 is 15.6 Å². The number of nitrogens with one attached hydrogen (secondary N) is 3. The Morgan fingerprint density at radius 2 is 1.77 bits per heavy atom. The second kappa shape index (κ2) is 8.63. The van der Waals surface area contributed by atoms with Crippen LogP contribution in [-0.4, -0.2) is 55.6 Å². The molecule has 1 aromatic carbocycles. The van der Waals surface area contributed by atoms with Crippen molar-refractivity contribution in [3.05, 3.63) is 28.2 Å². The van der Waals surface area contributed by atoms with Crippen LogP contribution >= 0.6 is 23.2 Å². The first-order valence-corrected chi connectivity index (χ1v) is 13.0. The van der Waals surface area contributed by atoms with E-state index in [-0.39, 0.29) is 34.0 Å². The van der Waals surface area contributed by atoms with Gasteiger partial charge >= 0.3 is 0 Å². The molecule has 10 heteroatoms. The summed E-state index contributed by atoms with van der Waals surface area (Å²) in [4.78, 5) is 14.5. The van der Waals surface area contributed by atoms with Crippen LogP contribution < -0.4 is 10.0 Å². The number of nitrogens with zero attached hydrogens (tertiary/aromatic N) is 1. The number of carbonyl (C=O) groups excluding carboxylic acids is 1. The second-order valence-electron chi connectivity index (χ2n) is 9.06. The van der Waals surface area contributed by atoms with Gasteiger partial charge in [0, 0.05) is 23.8 Å². The van der Waals surface area contributed by atoms with E-state index in [1.807, 2.05) is 0 Å². The highest BCUT2D eigenvalue weighted by molar-refractivity contribution is 7.89. The zero-order chi connectivity index (χ0) is 22.3.